The van der Waals surface area contributed by atoms with Crippen molar-refractivity contribution in [2.75, 3.05) is 31.6 Å². The third kappa shape index (κ3) is 6.20. The van der Waals surface area contributed by atoms with Crippen LogP contribution in [0.4, 0.5) is 15.2 Å². The fourth-order valence-corrected chi connectivity index (χ4v) is 4.45. The maximum atomic E-state index is 14.8. The minimum absolute atomic E-state index is 0.0383. The van der Waals surface area contributed by atoms with Crippen LogP contribution in [0.2, 0.25) is 0 Å². The standard InChI is InChI=1S/C24H27FN4O5S/c1-24(2,34)14-6-7-15(17(25)12-14)19-13-16(21(26)32)22(35-19)28-20-5-3-4-18(27-20)23(33)29(8-10-30)9-11-31/h3-7,12-13,30-31,34H,8-11H2,1-2H3,(H2,26,32)(H,27,28). The van der Waals surface area contributed by atoms with E-state index in [-0.39, 0.29) is 48.9 Å². The second-order valence-corrected chi connectivity index (χ2v) is 9.30. The molecule has 0 fully saturated rings. The number of nitrogens with one attached hydrogen (secondary N) is 1. The monoisotopic (exact) mass is 502 g/mol. The van der Waals surface area contributed by atoms with Gasteiger partial charge in [0.25, 0.3) is 11.8 Å². The van der Waals surface area contributed by atoms with Gasteiger partial charge in [0.1, 0.15) is 22.3 Å². The van der Waals surface area contributed by atoms with Crippen molar-refractivity contribution < 1.29 is 29.3 Å². The van der Waals surface area contributed by atoms with Crippen LogP contribution in [0.25, 0.3) is 10.4 Å². The number of aliphatic hydroxyl groups excluding tert-OH is 2. The topological polar surface area (TPSA) is 149 Å². The number of carbonyl (C=O) groups excluding carboxylic acids is 2. The molecule has 0 bridgehead atoms. The largest absolute Gasteiger partial charge is 0.395 e. The van der Waals surface area contributed by atoms with Gasteiger partial charge in [-0.15, -0.1) is 11.3 Å². The van der Waals surface area contributed by atoms with Gasteiger partial charge in [0, 0.05) is 23.5 Å². The molecule has 0 radical (unpaired) electrons. The van der Waals surface area contributed by atoms with E-state index in [9.17, 15) is 29.3 Å². The highest BCUT2D eigenvalue weighted by molar-refractivity contribution is 7.19. The second-order valence-electron chi connectivity index (χ2n) is 8.24. The van der Waals surface area contributed by atoms with Gasteiger partial charge in [0.2, 0.25) is 0 Å². The number of aliphatic hydroxyl groups is 3. The van der Waals surface area contributed by atoms with Crippen LogP contribution in [0.1, 0.15) is 40.3 Å². The Bertz CT molecular complexity index is 1220. The molecule has 2 amide bonds. The number of rotatable bonds is 10. The zero-order chi connectivity index (χ0) is 25.8. The van der Waals surface area contributed by atoms with Crippen molar-refractivity contribution in [1.82, 2.24) is 9.88 Å². The van der Waals surface area contributed by atoms with Crippen LogP contribution in [-0.4, -0.2) is 63.3 Å². The van der Waals surface area contributed by atoms with E-state index < -0.39 is 23.2 Å². The second kappa shape index (κ2) is 10.9. The number of anilines is 2. The Kier molecular flexibility index (Phi) is 8.18. The molecule has 6 N–H and O–H groups in total. The van der Waals surface area contributed by atoms with Crippen molar-refractivity contribution in [2.24, 2.45) is 5.73 Å². The summed E-state index contributed by atoms with van der Waals surface area (Å²) in [5, 5.41) is 31.8. The maximum Gasteiger partial charge on any atom is 0.272 e. The summed E-state index contributed by atoms with van der Waals surface area (Å²) in [4.78, 5) is 30.8. The zero-order valence-corrected chi connectivity index (χ0v) is 20.1. The van der Waals surface area contributed by atoms with Gasteiger partial charge >= 0.3 is 0 Å². The third-order valence-corrected chi connectivity index (χ3v) is 6.26. The molecule has 9 nitrogen and oxygen atoms in total. The Morgan fingerprint density at radius 2 is 1.83 bits per heavy atom. The van der Waals surface area contributed by atoms with E-state index in [4.69, 9.17) is 5.73 Å². The number of hydrogen-bond acceptors (Lipinski definition) is 8. The van der Waals surface area contributed by atoms with Gasteiger partial charge in [0.15, 0.2) is 0 Å². The molecule has 1 aromatic carbocycles. The van der Waals surface area contributed by atoms with Crippen LogP contribution >= 0.6 is 11.3 Å². The first-order valence-electron chi connectivity index (χ1n) is 10.8. The lowest BCUT2D eigenvalue weighted by Crippen LogP contribution is -2.36. The molecule has 11 heteroatoms. The molecular weight excluding hydrogens is 475 g/mol. The molecule has 0 aliphatic rings. The van der Waals surface area contributed by atoms with Gasteiger partial charge in [-0.1, -0.05) is 18.2 Å². The van der Waals surface area contributed by atoms with Crippen LogP contribution in [0.3, 0.4) is 0 Å². The van der Waals surface area contributed by atoms with Crippen LogP contribution in [0.15, 0.2) is 42.5 Å². The molecule has 3 rings (SSSR count). The number of thiophene rings is 1. The lowest BCUT2D eigenvalue weighted by Gasteiger charge is -2.20. The molecule has 0 spiro atoms. The van der Waals surface area contributed by atoms with E-state index in [0.717, 1.165) is 11.3 Å². The third-order valence-electron chi connectivity index (χ3n) is 5.18. The van der Waals surface area contributed by atoms with Gasteiger partial charge < -0.3 is 31.3 Å². The molecule has 35 heavy (non-hydrogen) atoms. The van der Waals surface area contributed by atoms with Crippen molar-refractivity contribution in [3.63, 3.8) is 0 Å². The summed E-state index contributed by atoms with van der Waals surface area (Å²) in [6.07, 6.45) is 0. The molecule has 0 atom stereocenters. The molecule has 2 aromatic heterocycles. The molecule has 0 unspecified atom stereocenters. The lowest BCUT2D eigenvalue weighted by molar-refractivity contribution is 0.0679. The number of nitrogens with zero attached hydrogens (tertiary/aromatic N) is 2. The highest BCUT2D eigenvalue weighted by atomic mass is 32.1. The van der Waals surface area contributed by atoms with E-state index in [0.29, 0.717) is 15.4 Å². The summed E-state index contributed by atoms with van der Waals surface area (Å²) in [5.41, 5.74) is 5.16. The maximum absolute atomic E-state index is 14.8. The van der Waals surface area contributed by atoms with E-state index in [1.54, 1.807) is 32.0 Å². The fourth-order valence-electron chi connectivity index (χ4n) is 3.35. The van der Waals surface area contributed by atoms with Gasteiger partial charge in [-0.2, -0.15) is 0 Å². The number of benzene rings is 1. The summed E-state index contributed by atoms with van der Waals surface area (Å²) in [5.74, 6) is -1.52. The van der Waals surface area contributed by atoms with Gasteiger partial charge in [-0.05, 0) is 43.7 Å². The highest BCUT2D eigenvalue weighted by Crippen LogP contribution is 2.38. The summed E-state index contributed by atoms with van der Waals surface area (Å²) in [6, 6.07) is 10.5. The van der Waals surface area contributed by atoms with Crippen molar-refractivity contribution >= 4 is 34.0 Å². The predicted molar refractivity (Wildman–Crippen MR) is 131 cm³/mol. The average molecular weight is 503 g/mol. The number of halogens is 1. The van der Waals surface area contributed by atoms with Crippen LogP contribution in [0, 0.1) is 5.82 Å². The number of nitrogens with two attached hydrogens (primary N) is 1. The minimum atomic E-state index is -1.21. The molecule has 0 saturated heterocycles. The number of pyridine rings is 1. The number of amides is 2. The molecule has 0 saturated carbocycles. The quantitative estimate of drug-likeness (QED) is 0.286. The Morgan fingerprint density at radius 3 is 2.40 bits per heavy atom. The van der Waals surface area contributed by atoms with E-state index >= 15 is 0 Å². The first-order valence-corrected chi connectivity index (χ1v) is 11.6. The Morgan fingerprint density at radius 1 is 1.14 bits per heavy atom. The normalized spacial score (nSPS) is 11.4. The van der Waals surface area contributed by atoms with E-state index in [1.807, 2.05) is 0 Å². The average Bonchev–Trinajstić information content (AvgIpc) is 3.21. The van der Waals surface area contributed by atoms with Crippen LogP contribution < -0.4 is 11.1 Å². The number of carbonyl (C=O) groups is 2. The molecule has 2 heterocycles. The number of hydrogen-bond donors (Lipinski definition) is 5. The van der Waals surface area contributed by atoms with Crippen molar-refractivity contribution in [2.45, 2.75) is 19.4 Å². The summed E-state index contributed by atoms with van der Waals surface area (Å²) in [6.45, 7) is 2.65. The van der Waals surface area contributed by atoms with Crippen LogP contribution in [-0.2, 0) is 5.60 Å². The smallest absolute Gasteiger partial charge is 0.272 e. The van der Waals surface area contributed by atoms with Gasteiger partial charge in [-0.3, -0.25) is 9.59 Å². The van der Waals surface area contributed by atoms with Gasteiger partial charge in [-0.25, -0.2) is 9.37 Å². The summed E-state index contributed by atoms with van der Waals surface area (Å²) in [7, 11) is 0. The first kappa shape index (κ1) is 26.2. The molecule has 3 aromatic rings. The van der Waals surface area contributed by atoms with Gasteiger partial charge in [0.05, 0.1) is 24.4 Å². The SMILES string of the molecule is CC(C)(O)c1ccc(-c2cc(C(N)=O)c(Nc3cccc(C(=O)N(CCO)CCO)n3)s2)c(F)c1. The molecule has 0 aliphatic heterocycles. The lowest BCUT2D eigenvalue weighted by atomic mass is 9.96. The predicted octanol–water partition coefficient (Wildman–Crippen LogP) is 2.45. The first-order chi connectivity index (χ1) is 16.5. The van der Waals surface area contributed by atoms with E-state index in [1.165, 1.54) is 29.2 Å². The molecular formula is C24H27FN4O5S. The van der Waals surface area contributed by atoms with Crippen molar-refractivity contribution in [1.29, 1.82) is 0 Å². The minimum Gasteiger partial charge on any atom is -0.395 e. The molecule has 0 aliphatic carbocycles. The van der Waals surface area contributed by atoms with Crippen molar-refractivity contribution in [3.05, 3.63) is 65.1 Å². The fraction of sp³-hybridized carbons (Fsp3) is 0.292. The Labute approximate surface area is 205 Å². The zero-order valence-electron chi connectivity index (χ0n) is 19.3. The molecule has 186 valence electrons. The number of primary amides is 1. The van der Waals surface area contributed by atoms with Crippen LogP contribution in [0.5, 0.6) is 0 Å². The Balaban J connectivity index is 1.93. The van der Waals surface area contributed by atoms with Crippen molar-refractivity contribution in [3.8, 4) is 10.4 Å². The highest BCUT2D eigenvalue weighted by Gasteiger charge is 2.22. The number of aromatic nitrogens is 1. The van der Waals surface area contributed by atoms with E-state index in [2.05, 4.69) is 10.3 Å². The Hall–Kier alpha value is -3.38. The summed E-state index contributed by atoms with van der Waals surface area (Å²) >= 11 is 1.08. The summed E-state index contributed by atoms with van der Waals surface area (Å²) < 4.78 is 14.8.